The molecule has 2 aromatic rings. The molecule has 1 saturated carbocycles. The van der Waals surface area contributed by atoms with Gasteiger partial charge in [-0.05, 0) is 24.3 Å². The molecule has 1 N–H and O–H groups in total. The summed E-state index contributed by atoms with van der Waals surface area (Å²) in [4.78, 5) is 24.3. The van der Waals surface area contributed by atoms with Crippen LogP contribution < -0.4 is 5.32 Å². The van der Waals surface area contributed by atoms with Crippen molar-refractivity contribution in [1.29, 1.82) is 0 Å². The monoisotopic (exact) mass is 307 g/mol. The van der Waals surface area contributed by atoms with Crippen molar-refractivity contribution in [1.82, 2.24) is 5.32 Å². The Morgan fingerprint density at radius 1 is 0.913 bits per heavy atom. The molecular weight excluding hydrogens is 286 g/mol. The maximum absolute atomic E-state index is 12.2. The number of amides is 1. The van der Waals surface area contributed by atoms with Crippen LogP contribution in [0.5, 0.6) is 0 Å². The summed E-state index contributed by atoms with van der Waals surface area (Å²) in [6.07, 6.45) is 2.80. The molecule has 3 heteroatoms. The van der Waals surface area contributed by atoms with Gasteiger partial charge in [-0.15, -0.1) is 0 Å². The van der Waals surface area contributed by atoms with Gasteiger partial charge in [0.2, 0.25) is 5.91 Å². The van der Waals surface area contributed by atoms with E-state index in [1.807, 2.05) is 36.4 Å². The number of hydrogen-bond donors (Lipinski definition) is 1. The van der Waals surface area contributed by atoms with Gasteiger partial charge in [0.1, 0.15) is 0 Å². The molecule has 0 aromatic heterocycles. The fourth-order valence-corrected chi connectivity index (χ4v) is 2.80. The van der Waals surface area contributed by atoms with E-state index in [4.69, 9.17) is 0 Å². The molecule has 0 saturated heterocycles. The largest absolute Gasteiger partial charge is 0.349 e. The van der Waals surface area contributed by atoms with E-state index in [1.165, 1.54) is 0 Å². The number of nitrogens with one attached hydrogen (secondary N) is 1. The van der Waals surface area contributed by atoms with Crippen molar-refractivity contribution in [2.75, 3.05) is 0 Å². The summed E-state index contributed by atoms with van der Waals surface area (Å²) in [6, 6.07) is 19.3. The molecule has 0 bridgehead atoms. The summed E-state index contributed by atoms with van der Waals surface area (Å²) in [5, 5.41) is 3.11. The Balaban J connectivity index is 1.55. The number of carbonyl (C=O) groups excluding carboxylic acids is 2. The summed E-state index contributed by atoms with van der Waals surface area (Å²) in [5.41, 5.74) is 1.82. The van der Waals surface area contributed by atoms with Crippen molar-refractivity contribution >= 4 is 11.7 Å². The second-order valence-electron chi connectivity index (χ2n) is 6.08. The number of rotatable bonds is 7. The van der Waals surface area contributed by atoms with E-state index in [1.54, 1.807) is 12.1 Å². The lowest BCUT2D eigenvalue weighted by Crippen LogP contribution is -2.30. The fraction of sp³-hybridized carbons (Fsp3) is 0.300. The maximum atomic E-state index is 12.2. The standard InChI is InChI=1S/C20H21NO2/c22-18(15-7-3-1-4-8-15)13-14-19(23)21-20(17-11-12-17)16-9-5-2-6-10-16/h1-10,17,20H,11-14H2,(H,21,23). The molecule has 2 aromatic carbocycles. The quantitative estimate of drug-likeness (QED) is 0.788. The van der Waals surface area contributed by atoms with Gasteiger partial charge < -0.3 is 5.32 Å². The average molecular weight is 307 g/mol. The number of hydrogen-bond acceptors (Lipinski definition) is 2. The maximum Gasteiger partial charge on any atom is 0.220 e. The summed E-state index contributed by atoms with van der Waals surface area (Å²) in [5.74, 6) is 0.504. The molecule has 1 aliphatic carbocycles. The van der Waals surface area contributed by atoms with Crippen LogP contribution in [0, 0.1) is 5.92 Å². The van der Waals surface area contributed by atoms with Crippen LogP contribution in [0.2, 0.25) is 0 Å². The lowest BCUT2D eigenvalue weighted by molar-refractivity contribution is -0.122. The van der Waals surface area contributed by atoms with Gasteiger partial charge >= 0.3 is 0 Å². The third-order valence-corrected chi connectivity index (χ3v) is 4.24. The molecule has 3 nitrogen and oxygen atoms in total. The second-order valence-corrected chi connectivity index (χ2v) is 6.08. The van der Waals surface area contributed by atoms with Crippen molar-refractivity contribution in [2.45, 2.75) is 31.7 Å². The Morgan fingerprint density at radius 2 is 1.52 bits per heavy atom. The second kappa shape index (κ2) is 7.23. The zero-order valence-electron chi connectivity index (χ0n) is 13.1. The zero-order chi connectivity index (χ0) is 16.1. The van der Waals surface area contributed by atoms with E-state index in [-0.39, 0.29) is 30.6 Å². The van der Waals surface area contributed by atoms with E-state index in [0.29, 0.717) is 11.5 Å². The van der Waals surface area contributed by atoms with Crippen molar-refractivity contribution in [3.63, 3.8) is 0 Å². The van der Waals surface area contributed by atoms with E-state index in [0.717, 1.165) is 18.4 Å². The first-order valence-electron chi connectivity index (χ1n) is 8.16. The summed E-state index contributed by atoms with van der Waals surface area (Å²) in [6.45, 7) is 0. The topological polar surface area (TPSA) is 46.2 Å². The highest BCUT2D eigenvalue weighted by atomic mass is 16.2. The van der Waals surface area contributed by atoms with Gasteiger partial charge in [-0.1, -0.05) is 60.7 Å². The van der Waals surface area contributed by atoms with E-state index < -0.39 is 0 Å². The Bertz CT molecular complexity index is 663. The number of Topliss-reactive ketones (excluding diaryl/α,β-unsaturated/α-hetero) is 1. The van der Waals surface area contributed by atoms with Crippen molar-refractivity contribution < 1.29 is 9.59 Å². The van der Waals surface area contributed by atoms with Crippen molar-refractivity contribution in [2.24, 2.45) is 5.92 Å². The molecule has 23 heavy (non-hydrogen) atoms. The highest BCUT2D eigenvalue weighted by molar-refractivity contribution is 5.97. The fourth-order valence-electron chi connectivity index (χ4n) is 2.80. The summed E-state index contributed by atoms with van der Waals surface area (Å²) in [7, 11) is 0. The smallest absolute Gasteiger partial charge is 0.220 e. The molecule has 1 fully saturated rings. The lowest BCUT2D eigenvalue weighted by atomic mass is 10.0. The summed E-state index contributed by atoms with van der Waals surface area (Å²) >= 11 is 0. The minimum atomic E-state index is -0.0463. The zero-order valence-corrected chi connectivity index (χ0v) is 13.1. The minimum Gasteiger partial charge on any atom is -0.349 e. The molecule has 1 amide bonds. The number of carbonyl (C=O) groups is 2. The molecule has 0 spiro atoms. The van der Waals surface area contributed by atoms with Crippen LogP contribution in [0.25, 0.3) is 0 Å². The normalized spacial score (nSPS) is 15.0. The van der Waals surface area contributed by atoms with Crippen LogP contribution in [0.4, 0.5) is 0 Å². The molecule has 1 atom stereocenters. The van der Waals surface area contributed by atoms with Crippen LogP contribution >= 0.6 is 0 Å². The molecule has 0 heterocycles. The molecule has 118 valence electrons. The van der Waals surface area contributed by atoms with Gasteiger partial charge in [0.25, 0.3) is 0 Å². The molecular formula is C20H21NO2. The number of benzene rings is 2. The Morgan fingerprint density at radius 3 is 2.13 bits per heavy atom. The molecule has 0 radical (unpaired) electrons. The van der Waals surface area contributed by atoms with Gasteiger partial charge in [0, 0.05) is 18.4 Å². The predicted molar refractivity (Wildman–Crippen MR) is 90.1 cm³/mol. The Labute approximate surface area is 136 Å². The van der Waals surface area contributed by atoms with E-state index in [2.05, 4.69) is 17.4 Å². The van der Waals surface area contributed by atoms with Crippen LogP contribution in [-0.2, 0) is 4.79 Å². The van der Waals surface area contributed by atoms with Crippen LogP contribution in [0.1, 0.15) is 47.6 Å². The summed E-state index contributed by atoms with van der Waals surface area (Å²) < 4.78 is 0. The van der Waals surface area contributed by atoms with Crippen LogP contribution in [0.3, 0.4) is 0 Å². The van der Waals surface area contributed by atoms with Crippen LogP contribution in [-0.4, -0.2) is 11.7 Å². The number of ketones is 1. The third-order valence-electron chi connectivity index (χ3n) is 4.24. The van der Waals surface area contributed by atoms with E-state index in [9.17, 15) is 9.59 Å². The Kier molecular flexibility index (Phi) is 4.86. The average Bonchev–Trinajstić information content (AvgIpc) is 3.44. The Hall–Kier alpha value is -2.42. The van der Waals surface area contributed by atoms with Gasteiger partial charge in [-0.2, -0.15) is 0 Å². The highest BCUT2D eigenvalue weighted by Gasteiger charge is 2.33. The molecule has 1 unspecified atom stereocenters. The molecule has 3 rings (SSSR count). The highest BCUT2D eigenvalue weighted by Crippen LogP contribution is 2.40. The SMILES string of the molecule is O=C(CCC(=O)c1ccccc1)NC(c1ccccc1)C1CC1. The van der Waals surface area contributed by atoms with Gasteiger partial charge in [-0.3, -0.25) is 9.59 Å². The third kappa shape index (κ3) is 4.28. The minimum absolute atomic E-state index is 0.0171. The van der Waals surface area contributed by atoms with Gasteiger partial charge in [-0.25, -0.2) is 0 Å². The van der Waals surface area contributed by atoms with Gasteiger partial charge in [0.05, 0.1) is 6.04 Å². The van der Waals surface area contributed by atoms with Crippen molar-refractivity contribution in [3.05, 3.63) is 71.8 Å². The van der Waals surface area contributed by atoms with Crippen molar-refractivity contribution in [3.8, 4) is 0 Å². The lowest BCUT2D eigenvalue weighted by Gasteiger charge is -2.18. The molecule has 0 aliphatic heterocycles. The first-order chi connectivity index (χ1) is 11.2. The van der Waals surface area contributed by atoms with Gasteiger partial charge in [0.15, 0.2) is 5.78 Å². The molecule has 1 aliphatic rings. The first-order valence-corrected chi connectivity index (χ1v) is 8.16. The first kappa shape index (κ1) is 15.5. The van der Waals surface area contributed by atoms with Crippen LogP contribution in [0.15, 0.2) is 60.7 Å². The predicted octanol–water partition coefficient (Wildman–Crippen LogP) is 3.92. The van der Waals surface area contributed by atoms with E-state index >= 15 is 0 Å².